The highest BCUT2D eigenvalue weighted by molar-refractivity contribution is 5.89. The number of anilines is 1. The fourth-order valence-electron chi connectivity index (χ4n) is 2.99. The minimum absolute atomic E-state index is 0.158. The number of carbonyl (C=O) groups is 1. The van der Waals surface area contributed by atoms with E-state index < -0.39 is 12.1 Å². The van der Waals surface area contributed by atoms with Crippen molar-refractivity contribution in [1.82, 2.24) is 10.2 Å². The third-order valence-electron chi connectivity index (χ3n) is 4.28. The molecular formula is C19H22FN3O2. The number of carbonyl (C=O) groups excluding carboxylic acids is 1. The number of amides is 2. The molecule has 6 heteroatoms. The summed E-state index contributed by atoms with van der Waals surface area (Å²) in [6, 6.07) is 13.4. The maximum absolute atomic E-state index is 12.8. The number of aliphatic hydroxyl groups excluding tert-OH is 1. The van der Waals surface area contributed by atoms with Crippen LogP contribution in [0.2, 0.25) is 0 Å². The number of nitrogens with zero attached hydrogens (tertiary/aromatic N) is 1. The Bertz CT molecular complexity index is 721. The van der Waals surface area contributed by atoms with E-state index in [1.54, 1.807) is 0 Å². The van der Waals surface area contributed by atoms with E-state index in [0.29, 0.717) is 12.2 Å². The number of β-amino-alcohol motifs (C(OH)–C–C–N with tert-alkyl or cyclic N) is 1. The molecule has 0 spiro atoms. The maximum atomic E-state index is 12.8. The highest BCUT2D eigenvalue weighted by Crippen LogP contribution is 2.18. The van der Waals surface area contributed by atoms with Crippen LogP contribution >= 0.6 is 0 Å². The van der Waals surface area contributed by atoms with Crippen LogP contribution in [0.4, 0.5) is 14.9 Å². The average Bonchev–Trinajstić information content (AvgIpc) is 2.62. The zero-order valence-electron chi connectivity index (χ0n) is 13.9. The Morgan fingerprint density at radius 3 is 2.64 bits per heavy atom. The van der Waals surface area contributed by atoms with Gasteiger partial charge >= 0.3 is 6.03 Å². The van der Waals surface area contributed by atoms with E-state index in [-0.39, 0.29) is 12.4 Å². The van der Waals surface area contributed by atoms with E-state index in [0.717, 1.165) is 19.5 Å². The standard InChI is InChI=1S/C19H22FN3O2/c20-16-5-7-17(8-6-16)22-19(25)21-11-18(24)13-23-10-9-14-3-1-2-4-15(14)12-23/h1-8,18,24H,9-13H2,(H2,21,22,25). The topological polar surface area (TPSA) is 64.6 Å². The van der Waals surface area contributed by atoms with E-state index >= 15 is 0 Å². The molecule has 2 aromatic carbocycles. The van der Waals surface area contributed by atoms with Crippen molar-refractivity contribution in [2.24, 2.45) is 0 Å². The molecule has 5 nitrogen and oxygen atoms in total. The second-order valence-corrected chi connectivity index (χ2v) is 6.25. The van der Waals surface area contributed by atoms with Crippen molar-refractivity contribution in [3.63, 3.8) is 0 Å². The van der Waals surface area contributed by atoms with Crippen molar-refractivity contribution >= 4 is 11.7 Å². The molecule has 3 rings (SSSR count). The number of halogens is 1. The van der Waals surface area contributed by atoms with Crippen molar-refractivity contribution < 1.29 is 14.3 Å². The van der Waals surface area contributed by atoms with Crippen LogP contribution in [0.3, 0.4) is 0 Å². The van der Waals surface area contributed by atoms with Crippen molar-refractivity contribution in [2.75, 3.05) is 25.0 Å². The lowest BCUT2D eigenvalue weighted by Gasteiger charge is -2.30. The van der Waals surface area contributed by atoms with Crippen LogP contribution in [-0.2, 0) is 13.0 Å². The molecule has 0 radical (unpaired) electrons. The molecular weight excluding hydrogens is 321 g/mol. The Balaban J connectivity index is 1.41. The molecule has 1 atom stereocenters. The van der Waals surface area contributed by atoms with Gasteiger partial charge in [0.25, 0.3) is 0 Å². The smallest absolute Gasteiger partial charge is 0.319 e. The van der Waals surface area contributed by atoms with Crippen LogP contribution in [-0.4, -0.2) is 41.8 Å². The minimum atomic E-state index is -0.649. The van der Waals surface area contributed by atoms with Gasteiger partial charge in [0.1, 0.15) is 5.82 Å². The molecule has 0 aliphatic carbocycles. The van der Waals surface area contributed by atoms with Crippen LogP contribution in [0.5, 0.6) is 0 Å². The fraction of sp³-hybridized carbons (Fsp3) is 0.316. The summed E-state index contributed by atoms with van der Waals surface area (Å²) in [7, 11) is 0. The third kappa shape index (κ3) is 5.01. The van der Waals surface area contributed by atoms with Crippen LogP contribution in [0.1, 0.15) is 11.1 Å². The van der Waals surface area contributed by atoms with E-state index in [1.807, 2.05) is 12.1 Å². The average molecular weight is 343 g/mol. The summed E-state index contributed by atoms with van der Waals surface area (Å²) in [5, 5.41) is 15.4. The molecule has 0 saturated carbocycles. The van der Waals surface area contributed by atoms with Crippen molar-refractivity contribution in [2.45, 2.75) is 19.1 Å². The van der Waals surface area contributed by atoms with Gasteiger partial charge in [-0.05, 0) is 41.8 Å². The lowest BCUT2D eigenvalue weighted by molar-refractivity contribution is 0.106. The van der Waals surface area contributed by atoms with Gasteiger partial charge in [-0.2, -0.15) is 0 Å². The summed E-state index contributed by atoms with van der Waals surface area (Å²) < 4.78 is 12.8. The number of aliphatic hydroxyl groups is 1. The van der Waals surface area contributed by atoms with Crippen LogP contribution in [0.15, 0.2) is 48.5 Å². The molecule has 2 aromatic rings. The second-order valence-electron chi connectivity index (χ2n) is 6.25. The first-order valence-electron chi connectivity index (χ1n) is 8.38. The normalized spacial score (nSPS) is 15.3. The van der Waals surface area contributed by atoms with Gasteiger partial charge in [0.05, 0.1) is 6.10 Å². The van der Waals surface area contributed by atoms with Gasteiger partial charge in [-0.15, -0.1) is 0 Å². The van der Waals surface area contributed by atoms with Gasteiger partial charge in [0.2, 0.25) is 0 Å². The lowest BCUT2D eigenvalue weighted by Crippen LogP contribution is -2.42. The van der Waals surface area contributed by atoms with Crippen LogP contribution in [0, 0.1) is 5.82 Å². The van der Waals surface area contributed by atoms with E-state index in [4.69, 9.17) is 0 Å². The van der Waals surface area contributed by atoms with Gasteiger partial charge in [-0.1, -0.05) is 24.3 Å². The lowest BCUT2D eigenvalue weighted by atomic mass is 10.00. The molecule has 1 heterocycles. The maximum Gasteiger partial charge on any atom is 0.319 e. The molecule has 0 bridgehead atoms. The summed E-state index contributed by atoms with van der Waals surface area (Å²) in [6.45, 7) is 2.38. The molecule has 25 heavy (non-hydrogen) atoms. The number of hydrogen-bond donors (Lipinski definition) is 3. The van der Waals surface area contributed by atoms with Crippen molar-refractivity contribution in [3.8, 4) is 0 Å². The van der Waals surface area contributed by atoms with Crippen LogP contribution in [0.25, 0.3) is 0 Å². The first-order chi connectivity index (χ1) is 12.1. The van der Waals surface area contributed by atoms with Crippen molar-refractivity contribution in [1.29, 1.82) is 0 Å². The number of nitrogens with one attached hydrogen (secondary N) is 2. The number of rotatable bonds is 5. The molecule has 0 saturated heterocycles. The summed E-state index contributed by atoms with van der Waals surface area (Å²) in [4.78, 5) is 14.0. The van der Waals surface area contributed by atoms with E-state index in [2.05, 4.69) is 27.7 Å². The predicted molar refractivity (Wildman–Crippen MR) is 94.9 cm³/mol. The van der Waals surface area contributed by atoms with Gasteiger partial charge < -0.3 is 15.7 Å². The number of urea groups is 1. The summed E-state index contributed by atoms with van der Waals surface area (Å²) >= 11 is 0. The number of fused-ring (bicyclic) bond motifs is 1. The Morgan fingerprint density at radius 1 is 1.16 bits per heavy atom. The largest absolute Gasteiger partial charge is 0.390 e. The van der Waals surface area contributed by atoms with Gasteiger partial charge in [-0.25, -0.2) is 9.18 Å². The zero-order valence-corrected chi connectivity index (χ0v) is 13.9. The summed E-state index contributed by atoms with van der Waals surface area (Å²) in [6.07, 6.45) is 0.325. The van der Waals surface area contributed by atoms with E-state index in [9.17, 15) is 14.3 Å². The monoisotopic (exact) mass is 343 g/mol. The molecule has 132 valence electrons. The minimum Gasteiger partial charge on any atom is -0.390 e. The molecule has 1 aliphatic rings. The van der Waals surface area contributed by atoms with Gasteiger partial charge in [-0.3, -0.25) is 4.90 Å². The molecule has 0 aromatic heterocycles. The number of hydrogen-bond acceptors (Lipinski definition) is 3. The van der Waals surface area contributed by atoms with E-state index in [1.165, 1.54) is 35.4 Å². The summed E-state index contributed by atoms with van der Waals surface area (Å²) in [5.74, 6) is -0.357. The molecule has 3 N–H and O–H groups in total. The Kier molecular flexibility index (Phi) is 5.63. The first-order valence-corrected chi connectivity index (χ1v) is 8.38. The highest BCUT2D eigenvalue weighted by Gasteiger charge is 2.18. The zero-order chi connectivity index (χ0) is 17.6. The quantitative estimate of drug-likeness (QED) is 0.781. The number of benzene rings is 2. The predicted octanol–water partition coefficient (Wildman–Crippen LogP) is 2.37. The molecule has 2 amide bonds. The Morgan fingerprint density at radius 2 is 1.88 bits per heavy atom. The van der Waals surface area contributed by atoms with Gasteiger partial charge in [0.15, 0.2) is 0 Å². The third-order valence-corrected chi connectivity index (χ3v) is 4.28. The van der Waals surface area contributed by atoms with Crippen molar-refractivity contribution in [3.05, 3.63) is 65.5 Å². The highest BCUT2D eigenvalue weighted by atomic mass is 19.1. The van der Waals surface area contributed by atoms with Crippen LogP contribution < -0.4 is 10.6 Å². The Labute approximate surface area is 146 Å². The molecule has 0 fully saturated rings. The molecule has 1 aliphatic heterocycles. The SMILES string of the molecule is O=C(NCC(O)CN1CCc2ccccc2C1)Nc1ccc(F)cc1. The summed E-state index contributed by atoms with van der Waals surface area (Å²) in [5.41, 5.74) is 3.16. The van der Waals surface area contributed by atoms with Gasteiger partial charge in [0, 0.05) is 31.9 Å². The fourth-order valence-corrected chi connectivity index (χ4v) is 2.99. The molecule has 1 unspecified atom stereocenters. The second kappa shape index (κ2) is 8.09. The Hall–Kier alpha value is -2.44. The first kappa shape index (κ1) is 17.4.